The molecular formula is C11H20N2O6. The van der Waals surface area contributed by atoms with Crippen molar-refractivity contribution in [1.82, 2.24) is 10.2 Å². The molecule has 2 fully saturated rings. The van der Waals surface area contributed by atoms with Gasteiger partial charge in [0.2, 0.25) is 0 Å². The van der Waals surface area contributed by atoms with Crippen LogP contribution in [0.4, 0.5) is 4.79 Å². The molecule has 0 spiro atoms. The van der Waals surface area contributed by atoms with Gasteiger partial charge in [-0.25, -0.2) is 4.79 Å². The molecule has 0 aromatic heterocycles. The Morgan fingerprint density at radius 1 is 1.16 bits per heavy atom. The highest BCUT2D eigenvalue weighted by Crippen LogP contribution is 2.20. The van der Waals surface area contributed by atoms with Gasteiger partial charge in [-0.3, -0.25) is 0 Å². The number of likely N-dealkylation sites (tertiary alicyclic amines) is 1. The van der Waals surface area contributed by atoms with E-state index in [9.17, 15) is 20.1 Å². The minimum atomic E-state index is -1.48. The normalized spacial score (nSPS) is 39.4. The molecule has 5 atom stereocenters. The molecule has 5 N–H and O–H groups in total. The zero-order valence-electron chi connectivity index (χ0n) is 10.5. The Hall–Kier alpha value is -0.930. The fourth-order valence-corrected chi connectivity index (χ4v) is 2.35. The molecule has 110 valence electrons. The average Bonchev–Trinajstić information content (AvgIpc) is 2.93. The van der Waals surface area contributed by atoms with Crippen molar-refractivity contribution in [3.63, 3.8) is 0 Å². The topological polar surface area (TPSA) is 122 Å². The summed E-state index contributed by atoms with van der Waals surface area (Å²) < 4.78 is 5.19. The Morgan fingerprint density at radius 3 is 2.37 bits per heavy atom. The lowest BCUT2D eigenvalue weighted by molar-refractivity contribution is -0.233. The van der Waals surface area contributed by atoms with Gasteiger partial charge in [0.1, 0.15) is 24.4 Å². The van der Waals surface area contributed by atoms with E-state index in [1.165, 1.54) is 0 Å². The quantitative estimate of drug-likeness (QED) is 0.383. The van der Waals surface area contributed by atoms with E-state index < -0.39 is 37.3 Å². The molecule has 8 nitrogen and oxygen atoms in total. The number of ether oxygens (including phenoxy) is 1. The third-order valence-electron chi connectivity index (χ3n) is 3.55. The van der Waals surface area contributed by atoms with Gasteiger partial charge < -0.3 is 35.4 Å². The predicted molar refractivity (Wildman–Crippen MR) is 63.1 cm³/mol. The first-order valence-corrected chi connectivity index (χ1v) is 6.40. The second-order valence-electron chi connectivity index (χ2n) is 4.89. The van der Waals surface area contributed by atoms with Crippen LogP contribution in [0.1, 0.15) is 12.8 Å². The number of rotatable bonds is 2. The number of aliphatic hydroxyl groups excluding tert-OH is 4. The average molecular weight is 276 g/mol. The monoisotopic (exact) mass is 276 g/mol. The van der Waals surface area contributed by atoms with E-state index in [2.05, 4.69) is 5.32 Å². The number of aliphatic hydroxyl groups is 4. The van der Waals surface area contributed by atoms with Crippen molar-refractivity contribution in [2.24, 2.45) is 0 Å². The first-order valence-electron chi connectivity index (χ1n) is 6.40. The summed E-state index contributed by atoms with van der Waals surface area (Å²) in [5.74, 6) is 0. The summed E-state index contributed by atoms with van der Waals surface area (Å²) in [7, 11) is 0. The highest BCUT2D eigenvalue weighted by atomic mass is 16.6. The van der Waals surface area contributed by atoms with Gasteiger partial charge in [0, 0.05) is 13.1 Å². The molecule has 0 bridgehead atoms. The molecule has 8 heteroatoms. The summed E-state index contributed by atoms with van der Waals surface area (Å²) in [6, 6.07) is -0.387. The largest absolute Gasteiger partial charge is 0.394 e. The van der Waals surface area contributed by atoms with Crippen molar-refractivity contribution in [3.05, 3.63) is 0 Å². The fraction of sp³-hybridized carbons (Fsp3) is 0.909. The molecule has 2 rings (SSSR count). The Morgan fingerprint density at radius 2 is 1.79 bits per heavy atom. The smallest absolute Gasteiger partial charge is 0.319 e. The summed E-state index contributed by atoms with van der Waals surface area (Å²) in [4.78, 5) is 13.4. The van der Waals surface area contributed by atoms with Crippen molar-refractivity contribution in [3.8, 4) is 0 Å². The van der Waals surface area contributed by atoms with Crippen molar-refractivity contribution < 1.29 is 30.0 Å². The molecule has 0 aromatic rings. The second-order valence-corrected chi connectivity index (χ2v) is 4.89. The van der Waals surface area contributed by atoms with E-state index in [1.807, 2.05) is 0 Å². The van der Waals surface area contributed by atoms with E-state index in [4.69, 9.17) is 9.84 Å². The van der Waals surface area contributed by atoms with Gasteiger partial charge in [-0.15, -0.1) is 0 Å². The van der Waals surface area contributed by atoms with Crippen LogP contribution in [-0.2, 0) is 4.74 Å². The fourth-order valence-electron chi connectivity index (χ4n) is 2.35. The lowest BCUT2D eigenvalue weighted by Gasteiger charge is -2.40. The highest BCUT2D eigenvalue weighted by molar-refractivity contribution is 5.74. The van der Waals surface area contributed by atoms with Gasteiger partial charge in [-0.1, -0.05) is 0 Å². The summed E-state index contributed by atoms with van der Waals surface area (Å²) in [6.45, 7) is 0.771. The van der Waals surface area contributed by atoms with Gasteiger partial charge in [0.15, 0.2) is 6.23 Å². The first kappa shape index (κ1) is 14.5. The molecule has 0 unspecified atom stereocenters. The number of nitrogens with zero attached hydrogens (tertiary/aromatic N) is 1. The summed E-state index contributed by atoms with van der Waals surface area (Å²) in [5.41, 5.74) is 0. The molecule has 0 aliphatic carbocycles. The molecular weight excluding hydrogens is 256 g/mol. The molecule has 0 radical (unpaired) electrons. The summed E-state index contributed by atoms with van der Waals surface area (Å²) in [6.07, 6.45) is -4.63. The third kappa shape index (κ3) is 2.98. The predicted octanol–water partition coefficient (Wildman–Crippen LogP) is -2.41. The second kappa shape index (κ2) is 6.02. The minimum absolute atomic E-state index is 0.387. The van der Waals surface area contributed by atoms with E-state index in [0.717, 1.165) is 12.8 Å². The number of carbonyl (C=O) groups is 1. The zero-order valence-corrected chi connectivity index (χ0v) is 10.5. The van der Waals surface area contributed by atoms with Crippen LogP contribution in [0.5, 0.6) is 0 Å². The molecule has 2 saturated heterocycles. The van der Waals surface area contributed by atoms with Crippen LogP contribution < -0.4 is 5.32 Å². The van der Waals surface area contributed by atoms with E-state index >= 15 is 0 Å². The van der Waals surface area contributed by atoms with Crippen LogP contribution in [0.2, 0.25) is 0 Å². The summed E-state index contributed by atoms with van der Waals surface area (Å²) >= 11 is 0. The Bertz CT molecular complexity index is 320. The number of hydrogen-bond donors (Lipinski definition) is 5. The van der Waals surface area contributed by atoms with Crippen LogP contribution in [0.15, 0.2) is 0 Å². The molecule has 2 amide bonds. The van der Waals surface area contributed by atoms with Crippen molar-refractivity contribution >= 4 is 6.03 Å². The summed E-state index contributed by atoms with van der Waals surface area (Å²) in [5, 5.41) is 40.4. The molecule has 0 saturated carbocycles. The molecule has 0 aromatic carbocycles. The maximum Gasteiger partial charge on any atom is 0.319 e. The molecule has 2 heterocycles. The lowest BCUT2D eigenvalue weighted by Crippen LogP contribution is -2.64. The Balaban J connectivity index is 1.96. The van der Waals surface area contributed by atoms with Crippen LogP contribution in [0, 0.1) is 0 Å². The maximum atomic E-state index is 11.9. The van der Waals surface area contributed by atoms with Crippen molar-refractivity contribution in [2.75, 3.05) is 19.7 Å². The standard InChI is InChI=1S/C11H20N2O6/c14-5-6-7(15)8(16)9(17)10(19-6)12-11(18)13-3-1-2-4-13/h6-10,14-17H,1-5H2,(H,12,18)/t6-,7-,8+,9-,10-/m1/s1. The van der Waals surface area contributed by atoms with E-state index in [-0.39, 0.29) is 6.03 Å². The Labute approximate surface area is 110 Å². The lowest BCUT2D eigenvalue weighted by atomic mass is 9.98. The molecule has 2 aliphatic rings. The Kier molecular flexibility index (Phi) is 4.58. The SMILES string of the molecule is O=C(N[C@@H]1O[C@H](CO)[C@@H](O)[C@H](O)[C@H]1O)N1CCCC1. The van der Waals surface area contributed by atoms with Crippen LogP contribution >= 0.6 is 0 Å². The number of hydrogen-bond acceptors (Lipinski definition) is 6. The van der Waals surface area contributed by atoms with Gasteiger partial charge in [-0.05, 0) is 12.8 Å². The zero-order chi connectivity index (χ0) is 14.0. The van der Waals surface area contributed by atoms with Crippen LogP contribution in [0.25, 0.3) is 0 Å². The van der Waals surface area contributed by atoms with Crippen molar-refractivity contribution in [1.29, 1.82) is 0 Å². The van der Waals surface area contributed by atoms with Gasteiger partial charge in [0.25, 0.3) is 0 Å². The first-order chi connectivity index (χ1) is 9.04. The highest BCUT2D eigenvalue weighted by Gasteiger charge is 2.44. The van der Waals surface area contributed by atoms with Crippen LogP contribution in [0.3, 0.4) is 0 Å². The van der Waals surface area contributed by atoms with E-state index in [1.54, 1.807) is 4.90 Å². The maximum absolute atomic E-state index is 11.9. The number of amides is 2. The van der Waals surface area contributed by atoms with E-state index in [0.29, 0.717) is 13.1 Å². The number of carbonyl (C=O) groups excluding carboxylic acids is 1. The van der Waals surface area contributed by atoms with Gasteiger partial charge in [0.05, 0.1) is 6.61 Å². The van der Waals surface area contributed by atoms with Crippen LogP contribution in [-0.4, -0.2) is 81.7 Å². The van der Waals surface area contributed by atoms with Gasteiger partial charge in [-0.2, -0.15) is 0 Å². The van der Waals surface area contributed by atoms with Crippen molar-refractivity contribution in [2.45, 2.75) is 43.5 Å². The van der Waals surface area contributed by atoms with Gasteiger partial charge >= 0.3 is 6.03 Å². The third-order valence-corrected chi connectivity index (χ3v) is 3.55. The number of nitrogens with one attached hydrogen (secondary N) is 1. The minimum Gasteiger partial charge on any atom is -0.394 e. The molecule has 2 aliphatic heterocycles. The molecule has 19 heavy (non-hydrogen) atoms. The number of urea groups is 1.